The Morgan fingerprint density at radius 2 is 1.12 bits per heavy atom. The van der Waals surface area contributed by atoms with E-state index >= 15 is 0 Å². The molecule has 2 aromatic rings. The van der Waals surface area contributed by atoms with Crippen LogP contribution in [0.15, 0.2) is 60.7 Å². The summed E-state index contributed by atoms with van der Waals surface area (Å²) >= 11 is 0. The third-order valence-electron chi connectivity index (χ3n) is 2.61. The van der Waals surface area contributed by atoms with Crippen molar-refractivity contribution >= 4 is 0 Å². The van der Waals surface area contributed by atoms with Gasteiger partial charge in [0.05, 0.1) is 6.10 Å². The van der Waals surface area contributed by atoms with E-state index in [1.165, 1.54) is 11.1 Å². The summed E-state index contributed by atoms with van der Waals surface area (Å²) in [5.74, 6) is 0. The summed E-state index contributed by atoms with van der Waals surface area (Å²) in [5, 5.41) is 0. The SMILES string of the molecule is CC(C)OC(c1ccccc1)c1ccccc1. The van der Waals surface area contributed by atoms with Crippen LogP contribution in [0.5, 0.6) is 0 Å². The van der Waals surface area contributed by atoms with Crippen LogP contribution in [0, 0.1) is 0 Å². The Bertz CT molecular complexity index is 394. The van der Waals surface area contributed by atoms with E-state index in [9.17, 15) is 0 Å². The van der Waals surface area contributed by atoms with E-state index in [0.717, 1.165) is 0 Å². The summed E-state index contributed by atoms with van der Waals surface area (Å²) in [6.07, 6.45) is 0.234. The summed E-state index contributed by atoms with van der Waals surface area (Å²) in [5.41, 5.74) is 2.40. The minimum Gasteiger partial charge on any atom is -0.366 e. The molecule has 2 rings (SSSR count). The van der Waals surface area contributed by atoms with Crippen LogP contribution < -0.4 is 0 Å². The Morgan fingerprint density at radius 3 is 1.47 bits per heavy atom. The van der Waals surface area contributed by atoms with Crippen molar-refractivity contribution in [1.29, 1.82) is 0 Å². The molecule has 0 N–H and O–H groups in total. The fraction of sp³-hybridized carbons (Fsp3) is 0.250. The molecule has 0 saturated carbocycles. The smallest absolute Gasteiger partial charge is 0.108 e. The summed E-state index contributed by atoms with van der Waals surface area (Å²) in [7, 11) is 0. The first-order chi connectivity index (χ1) is 8.27. The lowest BCUT2D eigenvalue weighted by atomic mass is 10.0. The summed E-state index contributed by atoms with van der Waals surface area (Å²) in [4.78, 5) is 0. The molecule has 0 aromatic heterocycles. The highest BCUT2D eigenvalue weighted by molar-refractivity contribution is 5.29. The Balaban J connectivity index is 2.32. The van der Waals surface area contributed by atoms with Gasteiger partial charge in [0, 0.05) is 0 Å². The molecule has 0 radical (unpaired) electrons. The molecule has 88 valence electrons. The zero-order chi connectivity index (χ0) is 12.1. The second-order valence-electron chi connectivity index (χ2n) is 4.39. The van der Waals surface area contributed by atoms with Crippen molar-refractivity contribution < 1.29 is 4.74 Å². The quantitative estimate of drug-likeness (QED) is 0.759. The van der Waals surface area contributed by atoms with Crippen molar-refractivity contribution in [2.45, 2.75) is 26.1 Å². The highest BCUT2D eigenvalue weighted by Gasteiger charge is 2.15. The van der Waals surface area contributed by atoms with Crippen LogP contribution in [-0.4, -0.2) is 6.10 Å². The lowest BCUT2D eigenvalue weighted by Gasteiger charge is -2.21. The van der Waals surface area contributed by atoms with Gasteiger partial charge >= 0.3 is 0 Å². The lowest BCUT2D eigenvalue weighted by Crippen LogP contribution is -2.11. The molecule has 0 saturated heterocycles. The van der Waals surface area contributed by atoms with E-state index < -0.39 is 0 Å². The molecule has 0 amide bonds. The van der Waals surface area contributed by atoms with Gasteiger partial charge in [-0.05, 0) is 25.0 Å². The second kappa shape index (κ2) is 5.65. The van der Waals surface area contributed by atoms with Crippen LogP contribution in [0.1, 0.15) is 31.1 Å². The molecule has 1 nitrogen and oxygen atoms in total. The molecule has 0 spiro atoms. The van der Waals surface area contributed by atoms with Crippen molar-refractivity contribution in [3.8, 4) is 0 Å². The monoisotopic (exact) mass is 226 g/mol. The maximum absolute atomic E-state index is 6.02. The highest BCUT2D eigenvalue weighted by atomic mass is 16.5. The standard InChI is InChI=1S/C16H18O/c1-13(2)17-16(14-9-5-3-6-10-14)15-11-7-4-8-12-15/h3-13,16H,1-2H3. The normalized spacial score (nSPS) is 11.1. The van der Waals surface area contributed by atoms with Gasteiger partial charge in [-0.1, -0.05) is 60.7 Å². The van der Waals surface area contributed by atoms with Gasteiger partial charge in [0.25, 0.3) is 0 Å². The number of hydrogen-bond donors (Lipinski definition) is 0. The van der Waals surface area contributed by atoms with E-state index in [1.807, 2.05) is 12.1 Å². The predicted molar refractivity (Wildman–Crippen MR) is 70.9 cm³/mol. The summed E-state index contributed by atoms with van der Waals surface area (Å²) < 4.78 is 6.02. The third-order valence-corrected chi connectivity index (χ3v) is 2.61. The lowest BCUT2D eigenvalue weighted by molar-refractivity contribution is 0.0304. The van der Waals surface area contributed by atoms with Crippen LogP contribution in [0.2, 0.25) is 0 Å². The fourth-order valence-electron chi connectivity index (χ4n) is 1.88. The topological polar surface area (TPSA) is 9.23 Å². The number of ether oxygens (including phenoxy) is 1. The average Bonchev–Trinajstić information content (AvgIpc) is 2.38. The molecule has 0 aliphatic carbocycles. The first-order valence-electron chi connectivity index (χ1n) is 6.02. The zero-order valence-corrected chi connectivity index (χ0v) is 10.3. The van der Waals surface area contributed by atoms with Gasteiger partial charge < -0.3 is 4.74 Å². The summed E-state index contributed by atoms with van der Waals surface area (Å²) in [6, 6.07) is 20.7. The summed E-state index contributed by atoms with van der Waals surface area (Å²) in [6.45, 7) is 4.14. The maximum Gasteiger partial charge on any atom is 0.108 e. The van der Waals surface area contributed by atoms with Crippen molar-refractivity contribution in [3.63, 3.8) is 0 Å². The molecule has 1 heteroatoms. The van der Waals surface area contributed by atoms with Gasteiger partial charge in [-0.25, -0.2) is 0 Å². The predicted octanol–water partition coefficient (Wildman–Crippen LogP) is 4.20. The third kappa shape index (κ3) is 3.18. The van der Waals surface area contributed by atoms with Crippen LogP contribution in [0.25, 0.3) is 0 Å². The van der Waals surface area contributed by atoms with E-state index in [1.54, 1.807) is 0 Å². The minimum absolute atomic E-state index is 0.0254. The van der Waals surface area contributed by atoms with Crippen LogP contribution in [0.3, 0.4) is 0 Å². The Kier molecular flexibility index (Phi) is 3.94. The Hall–Kier alpha value is -1.60. The molecule has 17 heavy (non-hydrogen) atoms. The average molecular weight is 226 g/mol. The zero-order valence-electron chi connectivity index (χ0n) is 10.3. The van der Waals surface area contributed by atoms with E-state index in [0.29, 0.717) is 0 Å². The Labute approximate surface area is 103 Å². The molecule has 2 aromatic carbocycles. The van der Waals surface area contributed by atoms with E-state index in [2.05, 4.69) is 62.4 Å². The molecule has 0 bridgehead atoms. The first-order valence-corrected chi connectivity index (χ1v) is 6.02. The molecule has 0 atom stereocenters. The number of benzene rings is 2. The van der Waals surface area contributed by atoms with Crippen molar-refractivity contribution in [1.82, 2.24) is 0 Å². The Morgan fingerprint density at radius 1 is 0.706 bits per heavy atom. The van der Waals surface area contributed by atoms with Crippen molar-refractivity contribution in [2.24, 2.45) is 0 Å². The molecule has 0 fully saturated rings. The van der Waals surface area contributed by atoms with Crippen LogP contribution >= 0.6 is 0 Å². The van der Waals surface area contributed by atoms with Gasteiger partial charge in [0.2, 0.25) is 0 Å². The molecule has 0 aliphatic rings. The van der Waals surface area contributed by atoms with Gasteiger partial charge in [-0.3, -0.25) is 0 Å². The first kappa shape index (κ1) is 11.9. The van der Waals surface area contributed by atoms with Gasteiger partial charge in [-0.2, -0.15) is 0 Å². The molecule has 0 heterocycles. The van der Waals surface area contributed by atoms with Crippen molar-refractivity contribution in [3.05, 3.63) is 71.8 Å². The molecule has 0 aliphatic heterocycles. The van der Waals surface area contributed by atoms with E-state index in [4.69, 9.17) is 4.74 Å². The van der Waals surface area contributed by atoms with Crippen LogP contribution in [-0.2, 0) is 4.74 Å². The van der Waals surface area contributed by atoms with Crippen LogP contribution in [0.4, 0.5) is 0 Å². The minimum atomic E-state index is 0.0254. The fourth-order valence-corrected chi connectivity index (χ4v) is 1.88. The van der Waals surface area contributed by atoms with Gasteiger partial charge in [0.1, 0.15) is 6.10 Å². The van der Waals surface area contributed by atoms with Crippen molar-refractivity contribution in [2.75, 3.05) is 0 Å². The highest BCUT2D eigenvalue weighted by Crippen LogP contribution is 2.26. The maximum atomic E-state index is 6.02. The largest absolute Gasteiger partial charge is 0.366 e. The van der Waals surface area contributed by atoms with Gasteiger partial charge in [0.15, 0.2) is 0 Å². The molecular weight excluding hydrogens is 208 g/mol. The number of hydrogen-bond acceptors (Lipinski definition) is 1. The second-order valence-corrected chi connectivity index (χ2v) is 4.39. The molecular formula is C16H18O. The van der Waals surface area contributed by atoms with E-state index in [-0.39, 0.29) is 12.2 Å². The molecule has 0 unspecified atom stereocenters. The van der Waals surface area contributed by atoms with Gasteiger partial charge in [-0.15, -0.1) is 0 Å². The number of rotatable bonds is 4.